The van der Waals surface area contributed by atoms with Crippen molar-refractivity contribution in [1.82, 2.24) is 15.1 Å². The number of rotatable bonds is 6. The molecule has 7 heteroatoms. The molecule has 154 valence electrons. The Labute approximate surface area is 175 Å². The molecule has 0 atom stereocenters. The number of nitrogens with one attached hydrogen (secondary N) is 1. The van der Waals surface area contributed by atoms with Gasteiger partial charge in [0.1, 0.15) is 5.82 Å². The Bertz CT molecular complexity index is 844. The van der Waals surface area contributed by atoms with E-state index in [1.54, 1.807) is 36.4 Å². The summed E-state index contributed by atoms with van der Waals surface area (Å²) >= 11 is 6.02. The zero-order valence-electron chi connectivity index (χ0n) is 16.2. The van der Waals surface area contributed by atoms with Gasteiger partial charge in [-0.25, -0.2) is 4.39 Å². The highest BCUT2D eigenvalue weighted by Gasteiger charge is 2.19. The summed E-state index contributed by atoms with van der Waals surface area (Å²) in [5.41, 5.74) is 1.47. The summed E-state index contributed by atoms with van der Waals surface area (Å²) in [5, 5.41) is 3.15. The minimum Gasteiger partial charge on any atom is -0.351 e. The fourth-order valence-electron chi connectivity index (χ4n) is 3.41. The molecule has 0 saturated carbocycles. The van der Waals surface area contributed by atoms with Crippen molar-refractivity contribution in [3.8, 4) is 0 Å². The van der Waals surface area contributed by atoms with E-state index in [1.165, 1.54) is 12.1 Å². The molecule has 2 amide bonds. The number of benzene rings is 2. The lowest BCUT2D eigenvalue weighted by molar-refractivity contribution is -0.130. The van der Waals surface area contributed by atoms with Gasteiger partial charge >= 0.3 is 0 Å². The van der Waals surface area contributed by atoms with Gasteiger partial charge < -0.3 is 10.2 Å². The summed E-state index contributed by atoms with van der Waals surface area (Å²) in [6.07, 6.45) is 1.15. The minimum atomic E-state index is -0.273. The molecule has 29 heavy (non-hydrogen) atoms. The molecule has 1 N–H and O–H groups in total. The molecule has 1 saturated heterocycles. The van der Waals surface area contributed by atoms with E-state index in [1.807, 2.05) is 4.90 Å². The Balaban J connectivity index is 1.42. The van der Waals surface area contributed by atoms with Gasteiger partial charge in [0.15, 0.2) is 0 Å². The van der Waals surface area contributed by atoms with Crippen molar-refractivity contribution < 1.29 is 14.0 Å². The smallest absolute Gasteiger partial charge is 0.252 e. The van der Waals surface area contributed by atoms with Crippen LogP contribution in [0.3, 0.4) is 0 Å². The number of halogens is 2. The van der Waals surface area contributed by atoms with Crippen LogP contribution in [0.25, 0.3) is 0 Å². The van der Waals surface area contributed by atoms with Crippen molar-refractivity contribution in [2.45, 2.75) is 19.4 Å². The summed E-state index contributed by atoms with van der Waals surface area (Å²) in [6, 6.07) is 13.4. The Kier molecular flexibility index (Phi) is 7.61. The van der Waals surface area contributed by atoms with Gasteiger partial charge in [-0.05, 0) is 36.2 Å². The molecule has 0 radical (unpaired) electrons. The SMILES string of the molecule is O=C(NCCC(=O)N1CCCN(Cc2ccc(F)cc2)CC1)c1ccccc1Cl. The highest BCUT2D eigenvalue weighted by Crippen LogP contribution is 2.14. The van der Waals surface area contributed by atoms with Crippen molar-refractivity contribution >= 4 is 23.4 Å². The lowest BCUT2D eigenvalue weighted by Crippen LogP contribution is -2.37. The normalized spacial score (nSPS) is 15.0. The van der Waals surface area contributed by atoms with Crippen molar-refractivity contribution in [3.63, 3.8) is 0 Å². The Hall–Kier alpha value is -2.44. The first kappa shape index (κ1) is 21.3. The van der Waals surface area contributed by atoms with Crippen molar-refractivity contribution in [1.29, 1.82) is 0 Å². The fraction of sp³-hybridized carbons (Fsp3) is 0.364. The molecule has 3 rings (SSSR count). The number of nitrogens with zero attached hydrogens (tertiary/aromatic N) is 2. The number of hydrogen-bond donors (Lipinski definition) is 1. The van der Waals surface area contributed by atoms with Crippen molar-refractivity contribution in [2.75, 3.05) is 32.7 Å². The van der Waals surface area contributed by atoms with Gasteiger partial charge in [0.05, 0.1) is 10.6 Å². The summed E-state index contributed by atoms with van der Waals surface area (Å²) in [7, 11) is 0. The Morgan fingerprint density at radius 2 is 1.76 bits per heavy atom. The summed E-state index contributed by atoms with van der Waals surface area (Å²) in [5.74, 6) is -0.471. The maximum absolute atomic E-state index is 13.0. The van der Waals surface area contributed by atoms with Gasteiger partial charge in [0.25, 0.3) is 5.91 Å². The van der Waals surface area contributed by atoms with E-state index in [-0.39, 0.29) is 30.6 Å². The van der Waals surface area contributed by atoms with Crippen LogP contribution in [-0.2, 0) is 11.3 Å². The van der Waals surface area contributed by atoms with Crippen molar-refractivity contribution in [3.05, 3.63) is 70.5 Å². The van der Waals surface area contributed by atoms with Crippen LogP contribution in [0, 0.1) is 5.82 Å². The predicted molar refractivity (Wildman–Crippen MR) is 111 cm³/mol. The van der Waals surface area contributed by atoms with Crippen LogP contribution in [0.15, 0.2) is 48.5 Å². The second kappa shape index (κ2) is 10.4. The molecule has 0 aromatic heterocycles. The van der Waals surface area contributed by atoms with E-state index in [9.17, 15) is 14.0 Å². The van der Waals surface area contributed by atoms with Crippen LogP contribution in [0.5, 0.6) is 0 Å². The van der Waals surface area contributed by atoms with E-state index >= 15 is 0 Å². The van der Waals surface area contributed by atoms with Crippen LogP contribution < -0.4 is 5.32 Å². The third kappa shape index (κ3) is 6.27. The average Bonchev–Trinajstić information content (AvgIpc) is 2.95. The molecule has 2 aromatic carbocycles. The molecular formula is C22H25ClFN3O2. The molecule has 0 spiro atoms. The van der Waals surface area contributed by atoms with Crippen molar-refractivity contribution in [2.24, 2.45) is 0 Å². The third-order valence-electron chi connectivity index (χ3n) is 5.00. The first-order chi connectivity index (χ1) is 14.0. The highest BCUT2D eigenvalue weighted by molar-refractivity contribution is 6.33. The zero-order valence-corrected chi connectivity index (χ0v) is 17.0. The summed E-state index contributed by atoms with van der Waals surface area (Å²) in [4.78, 5) is 28.8. The quantitative estimate of drug-likeness (QED) is 0.784. The standard InChI is InChI=1S/C22H25ClFN3O2/c23-20-5-2-1-4-19(20)22(29)25-11-10-21(28)27-13-3-12-26(14-15-27)16-17-6-8-18(24)9-7-17/h1-2,4-9H,3,10-16H2,(H,25,29). The maximum Gasteiger partial charge on any atom is 0.252 e. The van der Waals surface area contributed by atoms with E-state index in [0.717, 1.165) is 31.6 Å². The fourth-order valence-corrected chi connectivity index (χ4v) is 3.63. The molecule has 2 aromatic rings. The van der Waals surface area contributed by atoms with Crippen LogP contribution in [0.1, 0.15) is 28.8 Å². The van der Waals surface area contributed by atoms with Crippen LogP contribution in [-0.4, -0.2) is 54.3 Å². The monoisotopic (exact) mass is 417 g/mol. The molecule has 0 unspecified atom stereocenters. The average molecular weight is 418 g/mol. The van der Waals surface area contributed by atoms with E-state index in [0.29, 0.717) is 23.7 Å². The lowest BCUT2D eigenvalue weighted by atomic mass is 10.2. The van der Waals surface area contributed by atoms with Gasteiger partial charge in [-0.3, -0.25) is 14.5 Å². The number of hydrogen-bond acceptors (Lipinski definition) is 3. The molecule has 1 fully saturated rings. The molecule has 0 aliphatic carbocycles. The highest BCUT2D eigenvalue weighted by atomic mass is 35.5. The minimum absolute atomic E-state index is 0.0353. The molecule has 1 heterocycles. The first-order valence-corrected chi connectivity index (χ1v) is 10.2. The van der Waals surface area contributed by atoms with E-state index in [4.69, 9.17) is 11.6 Å². The third-order valence-corrected chi connectivity index (χ3v) is 5.33. The van der Waals surface area contributed by atoms with Gasteiger partial charge in [0, 0.05) is 45.7 Å². The van der Waals surface area contributed by atoms with Crippen LogP contribution >= 0.6 is 11.6 Å². The Morgan fingerprint density at radius 3 is 2.52 bits per heavy atom. The zero-order chi connectivity index (χ0) is 20.6. The second-order valence-electron chi connectivity index (χ2n) is 7.12. The predicted octanol–water partition coefficient (Wildman–Crippen LogP) is 3.33. The van der Waals surface area contributed by atoms with Gasteiger partial charge in [-0.15, -0.1) is 0 Å². The van der Waals surface area contributed by atoms with Gasteiger partial charge in [-0.1, -0.05) is 35.9 Å². The second-order valence-corrected chi connectivity index (χ2v) is 7.53. The van der Waals surface area contributed by atoms with Crippen LogP contribution in [0.2, 0.25) is 5.02 Å². The first-order valence-electron chi connectivity index (χ1n) is 9.80. The summed E-state index contributed by atoms with van der Waals surface area (Å²) in [6.45, 7) is 4.05. The molecule has 1 aliphatic heterocycles. The van der Waals surface area contributed by atoms with Gasteiger partial charge in [0.2, 0.25) is 5.91 Å². The number of carbonyl (C=O) groups is 2. The van der Waals surface area contributed by atoms with Crippen LogP contribution in [0.4, 0.5) is 4.39 Å². The summed E-state index contributed by atoms with van der Waals surface area (Å²) < 4.78 is 13.0. The molecule has 0 bridgehead atoms. The van der Waals surface area contributed by atoms with E-state index < -0.39 is 0 Å². The largest absolute Gasteiger partial charge is 0.351 e. The molecule has 5 nitrogen and oxygen atoms in total. The Morgan fingerprint density at radius 1 is 1.00 bits per heavy atom. The van der Waals surface area contributed by atoms with Gasteiger partial charge in [-0.2, -0.15) is 0 Å². The maximum atomic E-state index is 13.0. The number of carbonyl (C=O) groups excluding carboxylic acids is 2. The van der Waals surface area contributed by atoms with E-state index in [2.05, 4.69) is 10.2 Å². The lowest BCUT2D eigenvalue weighted by Gasteiger charge is -2.22. The number of amides is 2. The molecule has 1 aliphatic rings. The topological polar surface area (TPSA) is 52.7 Å². The molecular weight excluding hydrogens is 393 g/mol.